The summed E-state index contributed by atoms with van der Waals surface area (Å²) >= 11 is 6.06. The average Bonchev–Trinajstić information content (AvgIpc) is 2.71. The van der Waals surface area contributed by atoms with Gasteiger partial charge in [0.05, 0.1) is 0 Å². The highest BCUT2D eigenvalue weighted by molar-refractivity contribution is 6.18. The fourth-order valence-corrected chi connectivity index (χ4v) is 5.83. The highest BCUT2D eigenvalue weighted by Crippen LogP contribution is 2.69. The van der Waals surface area contributed by atoms with Crippen LogP contribution in [0, 0.1) is 35.5 Å². The molecule has 100 valence electrons. The van der Waals surface area contributed by atoms with Crippen LogP contribution in [0.4, 0.5) is 0 Å². The number of carbonyl (C=O) groups excluding carboxylic acids is 1. The molecule has 4 fully saturated rings. The summed E-state index contributed by atoms with van der Waals surface area (Å²) < 4.78 is 0. The van der Waals surface area contributed by atoms with Crippen LogP contribution in [0.15, 0.2) is 0 Å². The summed E-state index contributed by atoms with van der Waals surface area (Å²) in [4.78, 5) is 14.8. The minimum absolute atomic E-state index is 0.304. The molecular weight excluding hydrogens is 246 g/mol. The molecule has 2 bridgehead atoms. The van der Waals surface area contributed by atoms with Crippen LogP contribution in [0.3, 0.4) is 0 Å². The minimum atomic E-state index is 0.304. The minimum Gasteiger partial charge on any atom is -0.338 e. The lowest BCUT2D eigenvalue weighted by Gasteiger charge is -2.26. The van der Waals surface area contributed by atoms with Crippen LogP contribution in [-0.4, -0.2) is 29.3 Å². The number of carbonyl (C=O) groups is 1. The normalized spacial score (nSPS) is 52.8. The molecule has 0 N–H and O–H groups in total. The van der Waals surface area contributed by atoms with E-state index in [4.69, 9.17) is 11.6 Å². The van der Waals surface area contributed by atoms with Crippen molar-refractivity contribution < 1.29 is 4.79 Å². The van der Waals surface area contributed by atoms with E-state index in [9.17, 15) is 4.79 Å². The number of fused-ring (bicyclic) bond motifs is 5. The molecule has 1 aliphatic heterocycles. The Morgan fingerprint density at radius 1 is 1.22 bits per heavy atom. The monoisotopic (exact) mass is 267 g/mol. The van der Waals surface area contributed by atoms with Crippen LogP contribution in [0.1, 0.15) is 32.6 Å². The molecule has 0 aromatic heterocycles. The number of likely N-dealkylation sites (tertiary alicyclic amines) is 1. The van der Waals surface area contributed by atoms with Crippen molar-refractivity contribution in [2.45, 2.75) is 38.6 Å². The summed E-state index contributed by atoms with van der Waals surface area (Å²) in [6.07, 6.45) is 5.35. The Balaban J connectivity index is 1.49. The Labute approximate surface area is 114 Å². The lowest BCUT2D eigenvalue weighted by Crippen LogP contribution is -2.40. The maximum atomic E-state index is 12.7. The van der Waals surface area contributed by atoms with Gasteiger partial charge in [-0.15, -0.1) is 11.6 Å². The van der Waals surface area contributed by atoms with Gasteiger partial charge >= 0.3 is 0 Å². The molecule has 6 atom stereocenters. The first-order valence-corrected chi connectivity index (χ1v) is 8.12. The third kappa shape index (κ3) is 1.39. The van der Waals surface area contributed by atoms with Crippen LogP contribution in [0.2, 0.25) is 0 Å². The first kappa shape index (κ1) is 11.6. The van der Waals surface area contributed by atoms with Crippen molar-refractivity contribution in [3.05, 3.63) is 0 Å². The molecule has 0 spiro atoms. The smallest absolute Gasteiger partial charge is 0.226 e. The van der Waals surface area contributed by atoms with Crippen molar-refractivity contribution in [1.29, 1.82) is 0 Å². The molecule has 2 nitrogen and oxygen atoms in total. The fourth-order valence-electron chi connectivity index (χ4n) is 5.36. The van der Waals surface area contributed by atoms with Crippen molar-refractivity contribution in [2.75, 3.05) is 12.4 Å². The SMILES string of the molecule is CC1CCN(C(=O)C2C3C4CCC(C4)C23)C1CCl. The predicted molar refractivity (Wildman–Crippen MR) is 71.3 cm³/mol. The Kier molecular flexibility index (Phi) is 2.49. The Bertz CT molecular complexity index is 369. The molecule has 0 radical (unpaired) electrons. The first-order valence-electron chi connectivity index (χ1n) is 7.58. The van der Waals surface area contributed by atoms with E-state index in [0.29, 0.717) is 29.7 Å². The summed E-state index contributed by atoms with van der Waals surface area (Å²) in [7, 11) is 0. The van der Waals surface area contributed by atoms with Crippen LogP contribution in [-0.2, 0) is 4.79 Å². The first-order chi connectivity index (χ1) is 8.72. The molecular formula is C15H22ClNO. The van der Waals surface area contributed by atoms with Crippen molar-refractivity contribution in [2.24, 2.45) is 35.5 Å². The third-order valence-corrected chi connectivity index (χ3v) is 6.66. The second-order valence-electron chi connectivity index (χ2n) is 7.03. The van der Waals surface area contributed by atoms with Gasteiger partial charge in [0, 0.05) is 24.4 Å². The summed E-state index contributed by atoms with van der Waals surface area (Å²) in [5.41, 5.74) is 0. The molecule has 3 heteroatoms. The van der Waals surface area contributed by atoms with E-state index in [1.807, 2.05) is 0 Å². The summed E-state index contributed by atoms with van der Waals surface area (Å²) in [6.45, 7) is 3.18. The Morgan fingerprint density at radius 2 is 1.89 bits per heavy atom. The summed E-state index contributed by atoms with van der Waals surface area (Å²) in [6, 6.07) is 0.304. The molecule has 4 aliphatic rings. The molecule has 1 heterocycles. The molecule has 0 aromatic rings. The Morgan fingerprint density at radius 3 is 2.50 bits per heavy atom. The molecule has 0 aromatic carbocycles. The van der Waals surface area contributed by atoms with Crippen LogP contribution >= 0.6 is 11.6 Å². The number of amides is 1. The number of rotatable bonds is 2. The van der Waals surface area contributed by atoms with E-state index in [1.54, 1.807) is 0 Å². The maximum Gasteiger partial charge on any atom is 0.226 e. The molecule has 1 saturated heterocycles. The number of hydrogen-bond acceptors (Lipinski definition) is 1. The standard InChI is InChI=1S/C15H22ClNO/c1-8-4-5-17(11(8)7-16)15(18)14-12-9-2-3-10(6-9)13(12)14/h8-14H,2-7H2,1H3. The van der Waals surface area contributed by atoms with Gasteiger partial charge in [0.2, 0.25) is 5.91 Å². The molecule has 3 aliphatic carbocycles. The molecule has 1 amide bonds. The van der Waals surface area contributed by atoms with Gasteiger partial charge in [-0.25, -0.2) is 0 Å². The molecule has 4 rings (SSSR count). The maximum absolute atomic E-state index is 12.7. The number of hydrogen-bond donors (Lipinski definition) is 0. The van der Waals surface area contributed by atoms with E-state index in [2.05, 4.69) is 11.8 Å². The van der Waals surface area contributed by atoms with E-state index in [0.717, 1.165) is 36.6 Å². The van der Waals surface area contributed by atoms with Gasteiger partial charge in [0.15, 0.2) is 0 Å². The predicted octanol–water partition coefficient (Wildman–Crippen LogP) is 2.75. The second-order valence-corrected chi connectivity index (χ2v) is 7.34. The number of nitrogens with zero attached hydrogens (tertiary/aromatic N) is 1. The second kappa shape index (κ2) is 3.88. The van der Waals surface area contributed by atoms with Crippen LogP contribution in [0.25, 0.3) is 0 Å². The van der Waals surface area contributed by atoms with Gasteiger partial charge in [-0.1, -0.05) is 6.92 Å². The van der Waals surface area contributed by atoms with E-state index < -0.39 is 0 Å². The van der Waals surface area contributed by atoms with E-state index >= 15 is 0 Å². The fraction of sp³-hybridized carbons (Fsp3) is 0.933. The largest absolute Gasteiger partial charge is 0.338 e. The molecule has 3 saturated carbocycles. The zero-order valence-corrected chi connectivity index (χ0v) is 11.8. The van der Waals surface area contributed by atoms with Gasteiger partial charge in [-0.05, 0) is 55.3 Å². The number of alkyl halides is 1. The van der Waals surface area contributed by atoms with Crippen LogP contribution in [0.5, 0.6) is 0 Å². The summed E-state index contributed by atoms with van der Waals surface area (Å²) in [5, 5.41) is 0. The van der Waals surface area contributed by atoms with Gasteiger partial charge in [0.25, 0.3) is 0 Å². The van der Waals surface area contributed by atoms with E-state index in [1.165, 1.54) is 19.3 Å². The topological polar surface area (TPSA) is 20.3 Å². The van der Waals surface area contributed by atoms with Gasteiger partial charge in [0.1, 0.15) is 0 Å². The lowest BCUT2D eigenvalue weighted by atomic mass is 10.0. The van der Waals surface area contributed by atoms with Gasteiger partial charge in [-0.3, -0.25) is 4.79 Å². The quantitative estimate of drug-likeness (QED) is 0.705. The molecule has 18 heavy (non-hydrogen) atoms. The zero-order chi connectivity index (χ0) is 12.4. The van der Waals surface area contributed by atoms with Crippen molar-refractivity contribution in [1.82, 2.24) is 4.90 Å². The summed E-state index contributed by atoms with van der Waals surface area (Å²) in [5.74, 6) is 5.37. The van der Waals surface area contributed by atoms with Crippen LogP contribution < -0.4 is 0 Å². The lowest BCUT2D eigenvalue weighted by molar-refractivity contribution is -0.134. The highest BCUT2D eigenvalue weighted by atomic mass is 35.5. The van der Waals surface area contributed by atoms with Crippen molar-refractivity contribution in [3.63, 3.8) is 0 Å². The van der Waals surface area contributed by atoms with Gasteiger partial charge in [-0.2, -0.15) is 0 Å². The average molecular weight is 268 g/mol. The third-order valence-electron chi connectivity index (χ3n) is 6.34. The Hall–Kier alpha value is -0.240. The zero-order valence-electron chi connectivity index (χ0n) is 11.0. The van der Waals surface area contributed by atoms with Crippen molar-refractivity contribution in [3.8, 4) is 0 Å². The number of halogens is 1. The van der Waals surface area contributed by atoms with E-state index in [-0.39, 0.29) is 0 Å². The van der Waals surface area contributed by atoms with Crippen molar-refractivity contribution >= 4 is 17.5 Å². The highest BCUT2D eigenvalue weighted by Gasteiger charge is 2.68. The molecule has 6 unspecified atom stereocenters. The van der Waals surface area contributed by atoms with Gasteiger partial charge < -0.3 is 4.90 Å².